The van der Waals surface area contributed by atoms with E-state index in [-0.39, 0.29) is 17.2 Å². The Labute approximate surface area is 211 Å². The van der Waals surface area contributed by atoms with Crippen molar-refractivity contribution in [3.63, 3.8) is 0 Å². The van der Waals surface area contributed by atoms with Crippen LogP contribution in [-0.4, -0.2) is 25.0 Å². The second-order valence-corrected chi connectivity index (χ2v) is 8.81. The molecule has 0 unspecified atom stereocenters. The van der Waals surface area contributed by atoms with Crippen LogP contribution in [0.4, 0.5) is 5.69 Å². The van der Waals surface area contributed by atoms with Gasteiger partial charge in [-0.05, 0) is 72.4 Å². The summed E-state index contributed by atoms with van der Waals surface area (Å²) in [6.07, 6.45) is 2.29. The molecule has 0 aromatic heterocycles. The summed E-state index contributed by atoms with van der Waals surface area (Å²) in [7, 11) is 0. The van der Waals surface area contributed by atoms with Crippen molar-refractivity contribution in [2.45, 2.75) is 33.1 Å². The Balaban J connectivity index is 1.56. The molecule has 0 atom stereocenters. The first-order chi connectivity index (χ1) is 17.4. The number of hydrogen-bond acceptors (Lipinski definition) is 5. The second kappa shape index (κ2) is 10.9. The van der Waals surface area contributed by atoms with E-state index in [4.69, 9.17) is 9.47 Å². The number of fused-ring (bicyclic) bond motifs is 1. The molecule has 0 saturated heterocycles. The van der Waals surface area contributed by atoms with Gasteiger partial charge in [0.25, 0.3) is 5.91 Å². The van der Waals surface area contributed by atoms with E-state index in [1.165, 1.54) is 6.08 Å². The summed E-state index contributed by atoms with van der Waals surface area (Å²) in [6.45, 7) is 6.90. The molecule has 0 aliphatic carbocycles. The summed E-state index contributed by atoms with van der Waals surface area (Å²) >= 11 is 0. The van der Waals surface area contributed by atoms with Gasteiger partial charge in [0.05, 0.1) is 12.2 Å². The first kappa shape index (κ1) is 24.7. The minimum Gasteiger partial charge on any atom is -0.490 e. The van der Waals surface area contributed by atoms with Crippen molar-refractivity contribution in [1.82, 2.24) is 0 Å². The van der Waals surface area contributed by atoms with E-state index in [0.29, 0.717) is 35.9 Å². The van der Waals surface area contributed by atoms with Gasteiger partial charge < -0.3 is 14.4 Å². The first-order valence-corrected chi connectivity index (χ1v) is 12.0. The van der Waals surface area contributed by atoms with E-state index in [0.717, 1.165) is 23.2 Å². The topological polar surface area (TPSA) is 79.6 Å². The normalized spacial score (nSPS) is 12.8. The molecule has 1 heterocycles. The Morgan fingerprint density at radius 1 is 1.06 bits per heavy atom. The zero-order chi connectivity index (χ0) is 25.7. The molecule has 3 aromatic carbocycles. The molecule has 6 heteroatoms. The van der Waals surface area contributed by atoms with Crippen LogP contribution in [0.2, 0.25) is 0 Å². The van der Waals surface area contributed by atoms with Crippen LogP contribution in [0.25, 0.3) is 6.08 Å². The molecule has 0 N–H and O–H groups in total. The maximum atomic E-state index is 13.1. The van der Waals surface area contributed by atoms with Crippen molar-refractivity contribution in [2.75, 3.05) is 18.1 Å². The van der Waals surface area contributed by atoms with E-state index in [9.17, 15) is 14.9 Å². The standard InChI is InChI=1S/C30H28N2O4/c1-4-35-28-18-21(9-14-27(28)36-30(34)24-12-10-22(11-13-24)20(2)3)17-25(19-31)29(33)32-16-15-23-7-5-6-8-26(23)32/h5-14,17-18,20H,4,15-16H2,1-3H3/b25-17+. The number of ether oxygens (including phenoxy) is 2. The number of carbonyl (C=O) groups is 2. The Morgan fingerprint density at radius 2 is 1.81 bits per heavy atom. The third kappa shape index (κ3) is 5.31. The van der Waals surface area contributed by atoms with Crippen LogP contribution in [0.5, 0.6) is 11.5 Å². The quantitative estimate of drug-likeness (QED) is 0.181. The lowest BCUT2D eigenvalue weighted by molar-refractivity contribution is -0.114. The molecular formula is C30H28N2O4. The van der Waals surface area contributed by atoms with Crippen molar-refractivity contribution in [1.29, 1.82) is 5.26 Å². The SMILES string of the molecule is CCOc1cc(/C=C(\C#N)C(=O)N2CCc3ccccc32)ccc1OC(=O)c1ccc(C(C)C)cc1. The average Bonchev–Trinajstić information content (AvgIpc) is 3.32. The summed E-state index contributed by atoms with van der Waals surface area (Å²) < 4.78 is 11.3. The highest BCUT2D eigenvalue weighted by Crippen LogP contribution is 2.32. The molecule has 0 bridgehead atoms. The van der Waals surface area contributed by atoms with Crippen molar-refractivity contribution in [2.24, 2.45) is 0 Å². The zero-order valence-corrected chi connectivity index (χ0v) is 20.7. The molecule has 1 amide bonds. The van der Waals surface area contributed by atoms with Gasteiger partial charge in [-0.2, -0.15) is 5.26 Å². The van der Waals surface area contributed by atoms with Crippen LogP contribution < -0.4 is 14.4 Å². The third-order valence-corrected chi connectivity index (χ3v) is 6.08. The molecule has 182 valence electrons. The van der Waals surface area contributed by atoms with Crippen LogP contribution in [-0.2, 0) is 11.2 Å². The maximum absolute atomic E-state index is 13.1. The van der Waals surface area contributed by atoms with E-state index in [1.54, 1.807) is 35.2 Å². The molecule has 3 aromatic rings. The monoisotopic (exact) mass is 480 g/mol. The predicted octanol–water partition coefficient (Wildman–Crippen LogP) is 5.92. The largest absolute Gasteiger partial charge is 0.490 e. The Bertz CT molecular complexity index is 1350. The van der Waals surface area contributed by atoms with Crippen LogP contribution in [0.15, 0.2) is 72.3 Å². The fraction of sp³-hybridized carbons (Fsp3) is 0.233. The molecule has 0 saturated carbocycles. The Morgan fingerprint density at radius 3 is 2.50 bits per heavy atom. The molecule has 1 aliphatic heterocycles. The summed E-state index contributed by atoms with van der Waals surface area (Å²) in [5.41, 5.74) is 4.11. The van der Waals surface area contributed by atoms with E-state index < -0.39 is 5.97 Å². The zero-order valence-electron chi connectivity index (χ0n) is 20.7. The highest BCUT2D eigenvalue weighted by Gasteiger charge is 2.26. The Kier molecular flexibility index (Phi) is 7.50. The van der Waals surface area contributed by atoms with Gasteiger partial charge in [0.15, 0.2) is 11.5 Å². The van der Waals surface area contributed by atoms with Crippen molar-refractivity contribution < 1.29 is 19.1 Å². The molecule has 4 rings (SSSR count). The minimum atomic E-state index is -0.491. The van der Waals surface area contributed by atoms with Gasteiger partial charge in [0.1, 0.15) is 11.6 Å². The average molecular weight is 481 g/mol. The van der Waals surface area contributed by atoms with Crippen LogP contribution in [0.3, 0.4) is 0 Å². The molecule has 6 nitrogen and oxygen atoms in total. The first-order valence-electron chi connectivity index (χ1n) is 12.0. The third-order valence-electron chi connectivity index (χ3n) is 6.08. The van der Waals surface area contributed by atoms with Gasteiger partial charge in [0, 0.05) is 12.2 Å². The maximum Gasteiger partial charge on any atom is 0.343 e. The van der Waals surface area contributed by atoms with Crippen molar-refractivity contribution in [3.8, 4) is 17.6 Å². The second-order valence-electron chi connectivity index (χ2n) is 8.81. The van der Waals surface area contributed by atoms with Gasteiger partial charge in [-0.15, -0.1) is 0 Å². The summed E-state index contributed by atoms with van der Waals surface area (Å²) in [4.78, 5) is 27.5. The van der Waals surface area contributed by atoms with Crippen molar-refractivity contribution in [3.05, 3.63) is 94.6 Å². The Hall–Kier alpha value is -4.37. The van der Waals surface area contributed by atoms with Gasteiger partial charge in [-0.3, -0.25) is 4.79 Å². The molecular weight excluding hydrogens is 452 g/mol. The predicted molar refractivity (Wildman–Crippen MR) is 139 cm³/mol. The van der Waals surface area contributed by atoms with Crippen LogP contribution in [0.1, 0.15) is 53.7 Å². The van der Waals surface area contributed by atoms with E-state index >= 15 is 0 Å². The number of anilines is 1. The summed E-state index contributed by atoms with van der Waals surface area (Å²) in [5, 5.41) is 9.73. The fourth-order valence-electron chi connectivity index (χ4n) is 4.13. The van der Waals surface area contributed by atoms with Crippen LogP contribution >= 0.6 is 0 Å². The number of para-hydroxylation sites is 1. The number of amides is 1. The lowest BCUT2D eigenvalue weighted by Gasteiger charge is -2.17. The summed E-state index contributed by atoms with van der Waals surface area (Å²) in [6, 6.07) is 22.0. The van der Waals surface area contributed by atoms with Gasteiger partial charge in [-0.25, -0.2) is 4.79 Å². The molecule has 0 fully saturated rings. The van der Waals surface area contributed by atoms with Gasteiger partial charge >= 0.3 is 5.97 Å². The van der Waals surface area contributed by atoms with E-state index in [2.05, 4.69) is 13.8 Å². The lowest BCUT2D eigenvalue weighted by atomic mass is 10.0. The van der Waals surface area contributed by atoms with Gasteiger partial charge in [-0.1, -0.05) is 50.2 Å². The van der Waals surface area contributed by atoms with Crippen molar-refractivity contribution >= 4 is 23.6 Å². The molecule has 0 spiro atoms. The number of nitriles is 1. The summed E-state index contributed by atoms with van der Waals surface area (Å²) in [5.74, 6) is 0.154. The number of esters is 1. The number of benzene rings is 3. The molecule has 1 aliphatic rings. The van der Waals surface area contributed by atoms with Crippen LogP contribution in [0, 0.1) is 11.3 Å². The number of hydrogen-bond donors (Lipinski definition) is 0. The lowest BCUT2D eigenvalue weighted by Crippen LogP contribution is -2.29. The smallest absolute Gasteiger partial charge is 0.343 e. The number of rotatable bonds is 7. The molecule has 0 radical (unpaired) electrons. The number of carbonyl (C=O) groups excluding carboxylic acids is 2. The highest BCUT2D eigenvalue weighted by molar-refractivity contribution is 6.12. The van der Waals surface area contributed by atoms with Gasteiger partial charge in [0.2, 0.25) is 0 Å². The molecule has 36 heavy (non-hydrogen) atoms. The highest BCUT2D eigenvalue weighted by atomic mass is 16.6. The van der Waals surface area contributed by atoms with E-state index in [1.807, 2.05) is 49.4 Å². The number of nitrogens with zero attached hydrogens (tertiary/aromatic N) is 2. The fourth-order valence-corrected chi connectivity index (χ4v) is 4.13. The minimum absolute atomic E-state index is 0.0177.